The number of rotatable bonds is 4. The third-order valence-corrected chi connectivity index (χ3v) is 2.51. The van der Waals surface area contributed by atoms with Gasteiger partial charge in [-0.3, -0.25) is 0 Å². The lowest BCUT2D eigenvalue weighted by atomic mass is 9.95. The normalized spacial score (nSPS) is 11.9. The van der Waals surface area contributed by atoms with Crippen molar-refractivity contribution in [2.45, 2.75) is 33.6 Å². The first-order chi connectivity index (χ1) is 8.29. The molecule has 0 heterocycles. The highest BCUT2D eigenvalue weighted by Crippen LogP contribution is 2.20. The Kier molecular flexibility index (Phi) is 4.54. The second-order valence-corrected chi connectivity index (χ2v) is 5.46. The summed E-state index contributed by atoms with van der Waals surface area (Å²) in [6.45, 7) is 6.41. The molecule has 0 atom stereocenters. The van der Waals surface area contributed by atoms with E-state index in [1.54, 1.807) is 6.07 Å². The summed E-state index contributed by atoms with van der Waals surface area (Å²) in [5.41, 5.74) is 1.06. The van der Waals surface area contributed by atoms with Crippen molar-refractivity contribution in [3.05, 3.63) is 41.5 Å². The van der Waals surface area contributed by atoms with E-state index >= 15 is 0 Å². The molecule has 0 spiro atoms. The van der Waals surface area contributed by atoms with Gasteiger partial charge < -0.3 is 10.2 Å². The first kappa shape index (κ1) is 14.3. The fourth-order valence-electron chi connectivity index (χ4n) is 1.60. The van der Waals surface area contributed by atoms with Gasteiger partial charge in [-0.1, -0.05) is 39.0 Å². The van der Waals surface area contributed by atoms with Gasteiger partial charge in [-0.15, -0.1) is 0 Å². The molecule has 0 saturated carbocycles. The number of hydrogen-bond acceptors (Lipinski definition) is 2. The second kappa shape index (κ2) is 5.71. The summed E-state index contributed by atoms with van der Waals surface area (Å²) in [5, 5.41) is 18.3. The molecule has 1 rings (SSSR count). The highest BCUT2D eigenvalue weighted by Gasteiger charge is 2.09. The number of aromatic carboxylic acids is 1. The van der Waals surface area contributed by atoms with E-state index in [-0.39, 0.29) is 16.7 Å². The third-order valence-electron chi connectivity index (χ3n) is 2.51. The van der Waals surface area contributed by atoms with Crippen LogP contribution in [0.5, 0.6) is 5.75 Å². The van der Waals surface area contributed by atoms with Crippen LogP contribution in [0.1, 0.15) is 43.1 Å². The van der Waals surface area contributed by atoms with Crippen LogP contribution in [0.2, 0.25) is 0 Å². The first-order valence-electron chi connectivity index (χ1n) is 6.02. The van der Waals surface area contributed by atoms with Crippen LogP contribution in [-0.2, 0) is 6.42 Å². The molecule has 3 nitrogen and oxygen atoms in total. The van der Waals surface area contributed by atoms with Crippen molar-refractivity contribution in [2.75, 3.05) is 0 Å². The number of benzene rings is 1. The van der Waals surface area contributed by atoms with E-state index in [4.69, 9.17) is 5.11 Å². The largest absolute Gasteiger partial charge is 0.507 e. The van der Waals surface area contributed by atoms with Crippen molar-refractivity contribution >= 4 is 5.97 Å². The zero-order valence-electron chi connectivity index (χ0n) is 11.1. The van der Waals surface area contributed by atoms with Crippen molar-refractivity contribution in [1.29, 1.82) is 0 Å². The predicted octanol–water partition coefficient (Wildman–Crippen LogP) is 3.63. The van der Waals surface area contributed by atoms with Crippen molar-refractivity contribution in [2.24, 2.45) is 5.41 Å². The number of allylic oxidation sites excluding steroid dienone is 2. The number of carboxylic acids is 1. The zero-order valence-corrected chi connectivity index (χ0v) is 11.1. The average molecular weight is 248 g/mol. The molecule has 0 aliphatic rings. The van der Waals surface area contributed by atoms with Gasteiger partial charge in [0.15, 0.2) is 0 Å². The molecular formula is C15H20O3. The lowest BCUT2D eigenvalue weighted by Gasteiger charge is -2.11. The number of aromatic hydroxyl groups is 1. The van der Waals surface area contributed by atoms with E-state index in [1.165, 1.54) is 12.1 Å². The Morgan fingerprint density at radius 2 is 2.00 bits per heavy atom. The van der Waals surface area contributed by atoms with Gasteiger partial charge in [0.25, 0.3) is 0 Å². The number of phenols is 1. The Hall–Kier alpha value is -1.77. The van der Waals surface area contributed by atoms with E-state index in [9.17, 15) is 9.90 Å². The lowest BCUT2D eigenvalue weighted by Crippen LogP contribution is -1.99. The SMILES string of the molecule is CC(C)(C)C=CCCc1ccc(C(=O)O)c(O)c1. The van der Waals surface area contributed by atoms with Crippen LogP contribution in [-0.4, -0.2) is 16.2 Å². The van der Waals surface area contributed by atoms with Gasteiger partial charge in [-0.25, -0.2) is 4.79 Å². The maximum atomic E-state index is 10.7. The predicted molar refractivity (Wildman–Crippen MR) is 72.0 cm³/mol. The average Bonchev–Trinajstić information content (AvgIpc) is 2.22. The van der Waals surface area contributed by atoms with Crippen molar-refractivity contribution in [3.63, 3.8) is 0 Å². The topological polar surface area (TPSA) is 57.5 Å². The van der Waals surface area contributed by atoms with Crippen molar-refractivity contribution in [3.8, 4) is 5.75 Å². The molecule has 1 aromatic rings. The summed E-state index contributed by atoms with van der Waals surface area (Å²) in [6.07, 6.45) is 5.93. The molecule has 0 aliphatic heterocycles. The molecule has 2 N–H and O–H groups in total. The smallest absolute Gasteiger partial charge is 0.339 e. The maximum Gasteiger partial charge on any atom is 0.339 e. The molecule has 0 amide bonds. The number of carboxylic acid groups (broad SMARTS) is 1. The highest BCUT2D eigenvalue weighted by molar-refractivity contribution is 5.90. The summed E-state index contributed by atoms with van der Waals surface area (Å²) >= 11 is 0. The van der Waals surface area contributed by atoms with Crippen molar-refractivity contribution in [1.82, 2.24) is 0 Å². The molecule has 0 fully saturated rings. The number of carbonyl (C=O) groups is 1. The standard InChI is InChI=1S/C15H20O3/c1-15(2,3)9-5-4-6-11-7-8-12(14(17)18)13(16)10-11/h5,7-10,16H,4,6H2,1-3H3,(H,17,18). The Morgan fingerprint density at radius 3 is 2.50 bits per heavy atom. The minimum absolute atomic E-state index is 0.0519. The third kappa shape index (κ3) is 4.62. The van der Waals surface area contributed by atoms with Crippen LogP contribution < -0.4 is 0 Å². The van der Waals surface area contributed by atoms with Gasteiger partial charge >= 0.3 is 5.97 Å². The van der Waals surface area contributed by atoms with Crippen LogP contribution in [0.15, 0.2) is 30.4 Å². The van der Waals surface area contributed by atoms with Crippen LogP contribution in [0, 0.1) is 5.41 Å². The van der Waals surface area contributed by atoms with Gasteiger partial charge in [-0.2, -0.15) is 0 Å². The molecule has 0 aromatic heterocycles. The van der Waals surface area contributed by atoms with Gasteiger partial charge in [0, 0.05) is 0 Å². The molecular weight excluding hydrogens is 228 g/mol. The molecule has 0 unspecified atom stereocenters. The van der Waals surface area contributed by atoms with Crippen LogP contribution in [0.3, 0.4) is 0 Å². The molecule has 3 heteroatoms. The summed E-state index contributed by atoms with van der Waals surface area (Å²) in [6, 6.07) is 4.71. The molecule has 18 heavy (non-hydrogen) atoms. The van der Waals surface area contributed by atoms with E-state index in [0.717, 1.165) is 18.4 Å². The Balaban J connectivity index is 2.62. The van der Waals surface area contributed by atoms with Crippen LogP contribution in [0.25, 0.3) is 0 Å². The molecule has 0 aliphatic carbocycles. The van der Waals surface area contributed by atoms with Gasteiger partial charge in [0.05, 0.1) is 0 Å². The molecule has 1 aromatic carbocycles. The fourth-order valence-corrected chi connectivity index (χ4v) is 1.60. The second-order valence-electron chi connectivity index (χ2n) is 5.46. The molecule has 0 radical (unpaired) electrons. The highest BCUT2D eigenvalue weighted by atomic mass is 16.4. The van der Waals surface area contributed by atoms with E-state index in [0.29, 0.717) is 0 Å². The minimum Gasteiger partial charge on any atom is -0.507 e. The fraction of sp³-hybridized carbons (Fsp3) is 0.400. The van der Waals surface area contributed by atoms with Gasteiger partial charge in [-0.05, 0) is 36.0 Å². The van der Waals surface area contributed by atoms with E-state index in [2.05, 4.69) is 32.9 Å². The Bertz CT molecular complexity index is 453. The zero-order chi connectivity index (χ0) is 13.8. The maximum absolute atomic E-state index is 10.7. The van der Waals surface area contributed by atoms with E-state index < -0.39 is 5.97 Å². The van der Waals surface area contributed by atoms with Gasteiger partial charge in [0.1, 0.15) is 11.3 Å². The summed E-state index contributed by atoms with van der Waals surface area (Å²) in [7, 11) is 0. The summed E-state index contributed by atoms with van der Waals surface area (Å²) in [5.74, 6) is -1.27. The number of aryl methyl sites for hydroxylation is 1. The summed E-state index contributed by atoms with van der Waals surface area (Å²) in [4.78, 5) is 10.7. The molecule has 0 bridgehead atoms. The first-order valence-corrected chi connectivity index (χ1v) is 6.02. The minimum atomic E-state index is -1.10. The monoisotopic (exact) mass is 248 g/mol. The molecule has 0 saturated heterocycles. The van der Waals surface area contributed by atoms with Crippen molar-refractivity contribution < 1.29 is 15.0 Å². The van der Waals surface area contributed by atoms with Crippen LogP contribution in [0.4, 0.5) is 0 Å². The lowest BCUT2D eigenvalue weighted by molar-refractivity contribution is 0.0693. The Morgan fingerprint density at radius 1 is 1.33 bits per heavy atom. The summed E-state index contributed by atoms with van der Waals surface area (Å²) < 4.78 is 0. The molecule has 98 valence electrons. The van der Waals surface area contributed by atoms with Gasteiger partial charge in [0.2, 0.25) is 0 Å². The van der Waals surface area contributed by atoms with Crippen LogP contribution >= 0.6 is 0 Å². The Labute approximate surface area is 108 Å². The quantitative estimate of drug-likeness (QED) is 0.800. The van der Waals surface area contributed by atoms with E-state index in [1.807, 2.05) is 0 Å². The number of hydrogen-bond donors (Lipinski definition) is 2.